The molecule has 0 aromatic heterocycles. The van der Waals surface area contributed by atoms with Crippen molar-refractivity contribution in [1.29, 1.82) is 0 Å². The Hall–Kier alpha value is -0.780. The van der Waals surface area contributed by atoms with E-state index >= 15 is 0 Å². The Balaban J connectivity index is 1.24. The van der Waals surface area contributed by atoms with E-state index < -0.39 is 0 Å². The van der Waals surface area contributed by atoms with E-state index in [4.69, 9.17) is 0 Å². The van der Waals surface area contributed by atoms with Crippen LogP contribution in [0.25, 0.3) is 0 Å². The summed E-state index contributed by atoms with van der Waals surface area (Å²) in [5.74, 6) is 7.82. The zero-order valence-corrected chi connectivity index (χ0v) is 23.2. The van der Waals surface area contributed by atoms with Gasteiger partial charge < -0.3 is 0 Å². The molecule has 34 heavy (non-hydrogen) atoms. The van der Waals surface area contributed by atoms with Crippen molar-refractivity contribution >= 4 is 0 Å². The molecule has 0 radical (unpaired) electrons. The fourth-order valence-corrected chi connectivity index (χ4v) is 10.5. The van der Waals surface area contributed by atoms with Crippen LogP contribution in [0.15, 0.2) is 30.3 Å². The topological polar surface area (TPSA) is 0 Å². The van der Waals surface area contributed by atoms with Crippen LogP contribution < -0.4 is 0 Å². The van der Waals surface area contributed by atoms with Gasteiger partial charge in [-0.2, -0.15) is 0 Å². The van der Waals surface area contributed by atoms with Gasteiger partial charge in [0, 0.05) is 0 Å². The molecular formula is C34H54. The lowest BCUT2D eigenvalue weighted by Crippen LogP contribution is -2.53. The number of rotatable bonds is 7. The Labute approximate surface area is 212 Å². The second kappa shape index (κ2) is 9.94. The molecule has 190 valence electrons. The van der Waals surface area contributed by atoms with Crippen LogP contribution >= 0.6 is 0 Å². The van der Waals surface area contributed by atoms with Crippen LogP contribution in [0, 0.1) is 58.2 Å². The summed E-state index contributed by atoms with van der Waals surface area (Å²) in [6.07, 6.45) is 19.4. The molecule has 0 bridgehead atoms. The maximum absolute atomic E-state index is 2.76. The van der Waals surface area contributed by atoms with Crippen LogP contribution in [0.5, 0.6) is 0 Å². The Morgan fingerprint density at radius 1 is 0.794 bits per heavy atom. The SMILES string of the molecule is CC(C)CCCC(C)C1CCC2C3CCC4CC(Cc5ccccc5)CCC4(C)C3CCC12C. The number of benzene rings is 1. The largest absolute Gasteiger partial charge is 0.0628 e. The van der Waals surface area contributed by atoms with Crippen LogP contribution in [-0.2, 0) is 6.42 Å². The molecule has 0 nitrogen and oxygen atoms in total. The third-order valence-corrected chi connectivity index (χ3v) is 12.3. The molecule has 0 N–H and O–H groups in total. The standard InChI is InChI=1S/C34H54/c1-24(2)10-9-11-25(3)30-16-17-31-29-15-14-28-23-27(22-26-12-7-6-8-13-26)18-20-33(28,4)32(29)19-21-34(30,31)5/h6-8,12-13,24-25,27-32H,9-11,14-23H2,1-5H3. The highest BCUT2D eigenvalue weighted by atomic mass is 14.6. The van der Waals surface area contributed by atoms with E-state index in [0.29, 0.717) is 10.8 Å². The van der Waals surface area contributed by atoms with Gasteiger partial charge in [-0.05, 0) is 128 Å². The second-order valence-corrected chi connectivity index (χ2v) is 14.5. The molecule has 0 heteroatoms. The molecular weight excluding hydrogens is 408 g/mol. The first-order valence-corrected chi connectivity index (χ1v) is 15.3. The zero-order valence-electron chi connectivity index (χ0n) is 23.2. The quantitative estimate of drug-likeness (QED) is 0.378. The third-order valence-electron chi connectivity index (χ3n) is 12.3. The summed E-state index contributed by atoms with van der Waals surface area (Å²) >= 11 is 0. The van der Waals surface area contributed by atoms with Gasteiger partial charge in [-0.25, -0.2) is 0 Å². The molecule has 5 rings (SSSR count). The molecule has 0 spiro atoms. The van der Waals surface area contributed by atoms with Crippen molar-refractivity contribution in [2.24, 2.45) is 58.2 Å². The van der Waals surface area contributed by atoms with Gasteiger partial charge in [0.15, 0.2) is 0 Å². The summed E-state index contributed by atoms with van der Waals surface area (Å²) in [5.41, 5.74) is 2.85. The fraction of sp³-hybridized carbons (Fsp3) is 0.824. The van der Waals surface area contributed by atoms with Crippen molar-refractivity contribution in [3.8, 4) is 0 Å². The molecule has 0 aliphatic heterocycles. The lowest BCUT2D eigenvalue weighted by molar-refractivity contribution is -0.121. The predicted molar refractivity (Wildman–Crippen MR) is 147 cm³/mol. The molecule has 9 unspecified atom stereocenters. The maximum atomic E-state index is 2.76. The molecule has 4 fully saturated rings. The summed E-state index contributed by atoms with van der Waals surface area (Å²) in [6.45, 7) is 12.9. The molecule has 9 atom stereocenters. The lowest BCUT2D eigenvalue weighted by atomic mass is 9.44. The molecule has 1 aromatic carbocycles. The minimum Gasteiger partial charge on any atom is -0.0628 e. The molecule has 0 amide bonds. The summed E-state index contributed by atoms with van der Waals surface area (Å²) in [6, 6.07) is 11.3. The Kier molecular flexibility index (Phi) is 7.27. The van der Waals surface area contributed by atoms with Gasteiger partial charge in [0.2, 0.25) is 0 Å². The monoisotopic (exact) mass is 462 g/mol. The van der Waals surface area contributed by atoms with Gasteiger partial charge in [0.25, 0.3) is 0 Å². The van der Waals surface area contributed by atoms with Crippen molar-refractivity contribution in [3.05, 3.63) is 35.9 Å². The zero-order chi connectivity index (χ0) is 23.9. The van der Waals surface area contributed by atoms with E-state index in [2.05, 4.69) is 65.0 Å². The average Bonchev–Trinajstić information content (AvgIpc) is 3.17. The first-order valence-electron chi connectivity index (χ1n) is 15.3. The van der Waals surface area contributed by atoms with Crippen LogP contribution in [0.2, 0.25) is 0 Å². The van der Waals surface area contributed by atoms with Gasteiger partial charge in [0.1, 0.15) is 0 Å². The van der Waals surface area contributed by atoms with Crippen LogP contribution in [0.3, 0.4) is 0 Å². The highest BCUT2D eigenvalue weighted by molar-refractivity contribution is 5.16. The van der Waals surface area contributed by atoms with E-state index in [1.54, 1.807) is 24.8 Å². The third kappa shape index (κ3) is 4.54. The molecule has 4 aliphatic carbocycles. The molecule has 4 saturated carbocycles. The normalized spacial score (nSPS) is 42.6. The van der Waals surface area contributed by atoms with Crippen molar-refractivity contribution in [2.45, 2.75) is 118 Å². The summed E-state index contributed by atoms with van der Waals surface area (Å²) in [7, 11) is 0. The van der Waals surface area contributed by atoms with Gasteiger partial charge in [0.05, 0.1) is 0 Å². The van der Waals surface area contributed by atoms with E-state index in [0.717, 1.165) is 47.3 Å². The minimum atomic E-state index is 0.637. The molecule has 4 aliphatic rings. The highest BCUT2D eigenvalue weighted by Crippen LogP contribution is 2.68. The Morgan fingerprint density at radius 3 is 2.29 bits per heavy atom. The van der Waals surface area contributed by atoms with Crippen LogP contribution in [-0.4, -0.2) is 0 Å². The van der Waals surface area contributed by atoms with E-state index in [1.165, 1.54) is 64.2 Å². The van der Waals surface area contributed by atoms with Crippen molar-refractivity contribution < 1.29 is 0 Å². The van der Waals surface area contributed by atoms with E-state index in [1.807, 2.05) is 0 Å². The Bertz CT molecular complexity index is 794. The molecule has 0 saturated heterocycles. The van der Waals surface area contributed by atoms with Crippen LogP contribution in [0.4, 0.5) is 0 Å². The average molecular weight is 463 g/mol. The molecule has 0 heterocycles. The first-order chi connectivity index (χ1) is 16.3. The number of fused-ring (bicyclic) bond motifs is 5. The fourth-order valence-electron chi connectivity index (χ4n) is 10.5. The summed E-state index contributed by atoms with van der Waals surface area (Å²) < 4.78 is 0. The van der Waals surface area contributed by atoms with Gasteiger partial charge >= 0.3 is 0 Å². The van der Waals surface area contributed by atoms with Crippen molar-refractivity contribution in [1.82, 2.24) is 0 Å². The van der Waals surface area contributed by atoms with Gasteiger partial charge in [-0.15, -0.1) is 0 Å². The predicted octanol–water partition coefficient (Wildman–Crippen LogP) is 9.97. The van der Waals surface area contributed by atoms with Crippen molar-refractivity contribution in [2.75, 3.05) is 0 Å². The lowest BCUT2D eigenvalue weighted by Gasteiger charge is -2.61. The minimum absolute atomic E-state index is 0.637. The second-order valence-electron chi connectivity index (χ2n) is 14.5. The molecule has 1 aromatic rings. The number of hydrogen-bond acceptors (Lipinski definition) is 0. The summed E-state index contributed by atoms with van der Waals surface area (Å²) in [5, 5.41) is 0. The van der Waals surface area contributed by atoms with Gasteiger partial charge in [-0.1, -0.05) is 84.2 Å². The van der Waals surface area contributed by atoms with E-state index in [9.17, 15) is 0 Å². The van der Waals surface area contributed by atoms with Gasteiger partial charge in [-0.3, -0.25) is 0 Å². The van der Waals surface area contributed by atoms with Crippen LogP contribution in [0.1, 0.15) is 117 Å². The Morgan fingerprint density at radius 2 is 1.53 bits per heavy atom. The van der Waals surface area contributed by atoms with E-state index in [-0.39, 0.29) is 0 Å². The summed E-state index contributed by atoms with van der Waals surface area (Å²) in [4.78, 5) is 0. The smallest absolute Gasteiger partial charge is 0.0250 e. The highest BCUT2D eigenvalue weighted by Gasteiger charge is 2.60. The maximum Gasteiger partial charge on any atom is -0.0250 e. The number of hydrogen-bond donors (Lipinski definition) is 0. The first kappa shape index (κ1) is 24.9. The van der Waals surface area contributed by atoms with Crippen molar-refractivity contribution in [3.63, 3.8) is 0 Å².